The second kappa shape index (κ2) is 7.17. The smallest absolute Gasteiger partial charge is 0.270 e. The third-order valence-corrected chi connectivity index (χ3v) is 4.12. The molecule has 0 radical (unpaired) electrons. The van der Waals surface area contributed by atoms with Gasteiger partial charge in [-0.05, 0) is 42.0 Å². The number of phenols is 1. The minimum Gasteiger partial charge on any atom is -0.506 e. The van der Waals surface area contributed by atoms with Crippen molar-refractivity contribution in [3.8, 4) is 22.6 Å². The molecular formula is C20H16N2O5. The van der Waals surface area contributed by atoms with Gasteiger partial charge in [-0.1, -0.05) is 12.1 Å². The maximum Gasteiger partial charge on any atom is 0.270 e. The fourth-order valence-corrected chi connectivity index (χ4v) is 2.77. The zero-order valence-corrected chi connectivity index (χ0v) is 14.4. The Bertz CT molecular complexity index is 1030. The number of ketones is 1. The first-order chi connectivity index (χ1) is 12.9. The fraction of sp³-hybridized carbons (Fsp3) is 0.0500. The van der Waals surface area contributed by atoms with Crippen LogP contribution < -0.4 is 10.5 Å². The largest absolute Gasteiger partial charge is 0.506 e. The van der Waals surface area contributed by atoms with Crippen molar-refractivity contribution in [1.29, 1.82) is 0 Å². The van der Waals surface area contributed by atoms with Gasteiger partial charge >= 0.3 is 0 Å². The summed E-state index contributed by atoms with van der Waals surface area (Å²) in [5.41, 5.74) is 7.01. The van der Waals surface area contributed by atoms with Crippen molar-refractivity contribution < 1.29 is 19.6 Å². The summed E-state index contributed by atoms with van der Waals surface area (Å²) in [5.74, 6) is -0.416. The van der Waals surface area contributed by atoms with Gasteiger partial charge < -0.3 is 15.6 Å². The molecule has 0 aliphatic rings. The van der Waals surface area contributed by atoms with E-state index in [1.54, 1.807) is 36.4 Å². The molecule has 0 fully saturated rings. The zero-order valence-electron chi connectivity index (χ0n) is 14.4. The monoisotopic (exact) mass is 364 g/mol. The van der Waals surface area contributed by atoms with E-state index in [0.29, 0.717) is 22.6 Å². The van der Waals surface area contributed by atoms with Gasteiger partial charge in [0.1, 0.15) is 11.5 Å². The van der Waals surface area contributed by atoms with E-state index in [-0.39, 0.29) is 22.6 Å². The van der Waals surface area contributed by atoms with Crippen molar-refractivity contribution in [1.82, 2.24) is 0 Å². The summed E-state index contributed by atoms with van der Waals surface area (Å²) in [6, 6.07) is 15.1. The number of hydrogen-bond donors (Lipinski definition) is 2. The average Bonchev–Trinajstić information content (AvgIpc) is 2.67. The van der Waals surface area contributed by atoms with Crippen molar-refractivity contribution in [2.24, 2.45) is 0 Å². The van der Waals surface area contributed by atoms with Crippen LogP contribution in [0.3, 0.4) is 0 Å². The number of nitro benzene ring substituents is 1. The van der Waals surface area contributed by atoms with Gasteiger partial charge in [-0.2, -0.15) is 0 Å². The summed E-state index contributed by atoms with van der Waals surface area (Å²) in [4.78, 5) is 23.3. The Morgan fingerprint density at radius 1 is 1.11 bits per heavy atom. The molecule has 0 saturated heterocycles. The summed E-state index contributed by atoms with van der Waals surface area (Å²) < 4.78 is 5.28. The summed E-state index contributed by atoms with van der Waals surface area (Å²) >= 11 is 0. The van der Waals surface area contributed by atoms with E-state index in [1.165, 1.54) is 31.4 Å². The van der Waals surface area contributed by atoms with Crippen molar-refractivity contribution >= 4 is 17.2 Å². The molecule has 0 unspecified atom stereocenters. The Labute approximate surface area is 154 Å². The lowest BCUT2D eigenvalue weighted by molar-refractivity contribution is -0.384. The number of ether oxygens (including phenoxy) is 1. The molecule has 0 spiro atoms. The Morgan fingerprint density at radius 3 is 2.44 bits per heavy atom. The molecule has 3 aromatic rings. The molecule has 3 rings (SSSR count). The van der Waals surface area contributed by atoms with E-state index in [0.717, 1.165) is 0 Å². The maximum absolute atomic E-state index is 12.8. The standard InChI is InChI=1S/C20H16N2O5/c1-27-17-10-9-16(19(23)12-5-7-14(21)8-6-12)20(24)18(17)13-3-2-4-15(11-13)22(25)26/h2-11,24H,21H2,1H3. The van der Waals surface area contributed by atoms with E-state index in [1.807, 2.05) is 0 Å². The van der Waals surface area contributed by atoms with Gasteiger partial charge in [0, 0.05) is 23.4 Å². The molecular weight excluding hydrogens is 348 g/mol. The molecule has 3 N–H and O–H groups in total. The van der Waals surface area contributed by atoms with Gasteiger partial charge in [-0.15, -0.1) is 0 Å². The number of aromatic hydroxyl groups is 1. The highest BCUT2D eigenvalue weighted by Gasteiger charge is 2.22. The van der Waals surface area contributed by atoms with Gasteiger partial charge in [-0.25, -0.2) is 0 Å². The first-order valence-electron chi connectivity index (χ1n) is 7.97. The van der Waals surface area contributed by atoms with Crippen LogP contribution in [0.15, 0.2) is 60.7 Å². The van der Waals surface area contributed by atoms with E-state index in [2.05, 4.69) is 0 Å². The molecule has 0 amide bonds. The number of methoxy groups -OCH3 is 1. The van der Waals surface area contributed by atoms with Gasteiger partial charge in [-0.3, -0.25) is 14.9 Å². The molecule has 0 aliphatic heterocycles. The number of benzene rings is 3. The molecule has 0 atom stereocenters. The quantitative estimate of drug-likeness (QED) is 0.308. The highest BCUT2D eigenvalue weighted by molar-refractivity contribution is 6.12. The molecule has 0 saturated carbocycles. The van der Waals surface area contributed by atoms with Crippen LogP contribution in [0.2, 0.25) is 0 Å². The fourth-order valence-electron chi connectivity index (χ4n) is 2.77. The van der Waals surface area contributed by atoms with Crippen molar-refractivity contribution in [3.63, 3.8) is 0 Å². The predicted octanol–water partition coefficient (Wildman–Crippen LogP) is 3.79. The average molecular weight is 364 g/mol. The molecule has 136 valence electrons. The number of nitrogen functional groups attached to an aromatic ring is 1. The second-order valence-electron chi connectivity index (χ2n) is 5.80. The summed E-state index contributed by atoms with van der Waals surface area (Å²) in [6.45, 7) is 0. The first-order valence-corrected chi connectivity index (χ1v) is 7.97. The molecule has 0 aromatic heterocycles. The number of carbonyl (C=O) groups excluding carboxylic acids is 1. The molecule has 0 aliphatic carbocycles. The molecule has 0 heterocycles. The Balaban J connectivity index is 2.16. The van der Waals surface area contributed by atoms with E-state index in [9.17, 15) is 20.0 Å². The third kappa shape index (κ3) is 3.43. The maximum atomic E-state index is 12.8. The van der Waals surface area contributed by atoms with E-state index < -0.39 is 10.7 Å². The van der Waals surface area contributed by atoms with Crippen molar-refractivity contribution in [2.75, 3.05) is 12.8 Å². The third-order valence-electron chi connectivity index (χ3n) is 4.12. The molecule has 3 aromatic carbocycles. The Morgan fingerprint density at radius 2 is 1.81 bits per heavy atom. The van der Waals surface area contributed by atoms with Crippen LogP contribution in [0, 0.1) is 10.1 Å². The number of carbonyl (C=O) groups is 1. The number of nitrogens with zero attached hydrogens (tertiary/aromatic N) is 1. The van der Waals surface area contributed by atoms with Gasteiger partial charge in [0.25, 0.3) is 5.69 Å². The first kappa shape index (κ1) is 17.9. The number of nitro groups is 1. The van der Waals surface area contributed by atoms with Gasteiger partial charge in [0.05, 0.1) is 23.2 Å². The van der Waals surface area contributed by atoms with Gasteiger partial charge in [0.2, 0.25) is 0 Å². The van der Waals surface area contributed by atoms with Crippen LogP contribution in [-0.2, 0) is 0 Å². The number of rotatable bonds is 5. The van der Waals surface area contributed by atoms with E-state index >= 15 is 0 Å². The number of nitrogens with two attached hydrogens (primary N) is 1. The molecule has 7 heteroatoms. The molecule has 7 nitrogen and oxygen atoms in total. The SMILES string of the molecule is COc1ccc(C(=O)c2ccc(N)cc2)c(O)c1-c1cccc([N+](=O)[O-])c1. The minimum atomic E-state index is -0.531. The lowest BCUT2D eigenvalue weighted by atomic mass is 9.95. The number of phenolic OH excluding ortho intramolecular Hbond substituents is 1. The van der Waals surface area contributed by atoms with Crippen molar-refractivity contribution in [3.05, 3.63) is 81.9 Å². The zero-order chi connectivity index (χ0) is 19.6. The number of anilines is 1. The van der Waals surface area contributed by atoms with Crippen molar-refractivity contribution in [2.45, 2.75) is 0 Å². The molecule has 27 heavy (non-hydrogen) atoms. The van der Waals surface area contributed by atoms with Crippen LogP contribution >= 0.6 is 0 Å². The van der Waals surface area contributed by atoms with Crippen LogP contribution in [0.25, 0.3) is 11.1 Å². The normalized spacial score (nSPS) is 10.4. The Kier molecular flexibility index (Phi) is 4.76. The number of non-ortho nitro benzene ring substituents is 1. The lowest BCUT2D eigenvalue weighted by Crippen LogP contribution is -2.03. The number of hydrogen-bond acceptors (Lipinski definition) is 6. The predicted molar refractivity (Wildman–Crippen MR) is 101 cm³/mol. The molecule has 0 bridgehead atoms. The van der Waals surface area contributed by atoms with Crippen LogP contribution in [0.4, 0.5) is 11.4 Å². The summed E-state index contributed by atoms with van der Waals surface area (Å²) in [5, 5.41) is 21.8. The highest BCUT2D eigenvalue weighted by Crippen LogP contribution is 2.41. The summed E-state index contributed by atoms with van der Waals surface area (Å²) in [6.07, 6.45) is 0. The minimum absolute atomic E-state index is 0.0575. The van der Waals surface area contributed by atoms with Gasteiger partial charge in [0.15, 0.2) is 5.78 Å². The Hall–Kier alpha value is -3.87. The van der Waals surface area contributed by atoms with Crippen LogP contribution in [0.5, 0.6) is 11.5 Å². The topological polar surface area (TPSA) is 116 Å². The van der Waals surface area contributed by atoms with Crippen LogP contribution in [-0.4, -0.2) is 22.9 Å². The highest BCUT2D eigenvalue weighted by atomic mass is 16.6. The van der Waals surface area contributed by atoms with E-state index in [4.69, 9.17) is 10.5 Å². The second-order valence-corrected chi connectivity index (χ2v) is 5.80. The summed E-state index contributed by atoms with van der Waals surface area (Å²) in [7, 11) is 1.41. The van der Waals surface area contributed by atoms with Crippen LogP contribution in [0.1, 0.15) is 15.9 Å². The lowest BCUT2D eigenvalue weighted by Gasteiger charge is -2.14.